The van der Waals surface area contributed by atoms with Crippen LogP contribution >= 0.6 is 0 Å². The van der Waals surface area contributed by atoms with Crippen LogP contribution in [0, 0.1) is 0 Å². The molecule has 0 aliphatic carbocycles. The lowest BCUT2D eigenvalue weighted by Gasteiger charge is -2.11. The second kappa shape index (κ2) is 4.44. The lowest BCUT2D eigenvalue weighted by molar-refractivity contribution is 0.141. The molecule has 1 atom stereocenters. The molecule has 76 valence electrons. The third-order valence-electron chi connectivity index (χ3n) is 2.30. The average molecular weight is 194 g/mol. The second-order valence-corrected chi connectivity index (χ2v) is 3.41. The molecule has 0 amide bonds. The van der Waals surface area contributed by atoms with Crippen molar-refractivity contribution in [1.82, 2.24) is 0 Å². The highest BCUT2D eigenvalue weighted by atomic mass is 16.5. The van der Waals surface area contributed by atoms with Crippen LogP contribution in [0.5, 0.6) is 5.75 Å². The number of benzene rings is 1. The predicted molar refractivity (Wildman–Crippen MR) is 52.2 cm³/mol. The molecule has 1 N–H and O–H groups in total. The molecule has 3 nitrogen and oxygen atoms in total. The molecule has 1 aromatic carbocycles. The van der Waals surface area contributed by atoms with Gasteiger partial charge in [0.25, 0.3) is 0 Å². The first-order valence-electron chi connectivity index (χ1n) is 4.82. The van der Waals surface area contributed by atoms with Gasteiger partial charge in [0.15, 0.2) is 0 Å². The lowest BCUT2D eigenvalue weighted by atomic mass is 10.2. The van der Waals surface area contributed by atoms with Crippen molar-refractivity contribution in [3.63, 3.8) is 0 Å². The molecule has 14 heavy (non-hydrogen) atoms. The maximum absolute atomic E-state index is 8.85. The molecule has 1 fully saturated rings. The van der Waals surface area contributed by atoms with E-state index >= 15 is 0 Å². The molecule has 0 saturated carbocycles. The molecule has 1 saturated heterocycles. The first kappa shape index (κ1) is 9.49. The zero-order valence-corrected chi connectivity index (χ0v) is 7.98. The fourth-order valence-corrected chi connectivity index (χ4v) is 1.47. The molecule has 0 aromatic heterocycles. The van der Waals surface area contributed by atoms with E-state index in [0.717, 1.165) is 24.3 Å². The van der Waals surface area contributed by atoms with Gasteiger partial charge in [0.2, 0.25) is 0 Å². The number of aliphatic hydroxyl groups is 1. The summed E-state index contributed by atoms with van der Waals surface area (Å²) >= 11 is 0. The average Bonchev–Trinajstić information content (AvgIpc) is 2.72. The van der Waals surface area contributed by atoms with Gasteiger partial charge >= 0.3 is 0 Å². The summed E-state index contributed by atoms with van der Waals surface area (Å²) in [5.74, 6) is 0.845. The molecule has 1 heterocycles. The third kappa shape index (κ3) is 2.25. The van der Waals surface area contributed by atoms with E-state index in [9.17, 15) is 0 Å². The number of rotatable bonds is 3. The topological polar surface area (TPSA) is 38.7 Å². The largest absolute Gasteiger partial charge is 0.488 e. The molecule has 2 rings (SSSR count). The SMILES string of the molecule is OCc1ccc(O[C@@H]2CCOC2)cc1. The highest BCUT2D eigenvalue weighted by Gasteiger charge is 2.16. The molecule has 0 spiro atoms. The molecule has 0 unspecified atom stereocenters. The highest BCUT2D eigenvalue weighted by Crippen LogP contribution is 2.17. The van der Waals surface area contributed by atoms with E-state index in [1.165, 1.54) is 0 Å². The van der Waals surface area contributed by atoms with Crippen LogP contribution in [0.1, 0.15) is 12.0 Å². The number of hydrogen-bond donors (Lipinski definition) is 1. The van der Waals surface area contributed by atoms with Crippen LogP contribution in [0.25, 0.3) is 0 Å². The lowest BCUT2D eigenvalue weighted by Crippen LogP contribution is -2.15. The van der Waals surface area contributed by atoms with Gasteiger partial charge in [-0.15, -0.1) is 0 Å². The number of ether oxygens (including phenoxy) is 2. The van der Waals surface area contributed by atoms with Crippen molar-refractivity contribution in [3.05, 3.63) is 29.8 Å². The molecular formula is C11H14O3. The van der Waals surface area contributed by atoms with Crippen molar-refractivity contribution < 1.29 is 14.6 Å². The van der Waals surface area contributed by atoms with E-state index in [0.29, 0.717) is 6.61 Å². The van der Waals surface area contributed by atoms with Gasteiger partial charge < -0.3 is 14.6 Å². The van der Waals surface area contributed by atoms with Gasteiger partial charge in [-0.3, -0.25) is 0 Å². The zero-order valence-electron chi connectivity index (χ0n) is 7.98. The smallest absolute Gasteiger partial charge is 0.124 e. The minimum atomic E-state index is 0.0762. The van der Waals surface area contributed by atoms with E-state index in [2.05, 4.69) is 0 Å². The van der Waals surface area contributed by atoms with E-state index in [-0.39, 0.29) is 12.7 Å². The highest BCUT2D eigenvalue weighted by molar-refractivity contribution is 5.27. The summed E-state index contributed by atoms with van der Waals surface area (Å²) < 4.78 is 10.9. The summed E-state index contributed by atoms with van der Waals surface area (Å²) in [5.41, 5.74) is 0.903. The summed E-state index contributed by atoms with van der Waals surface area (Å²) in [7, 11) is 0. The van der Waals surface area contributed by atoms with Gasteiger partial charge in [0.05, 0.1) is 19.8 Å². The molecule has 0 bridgehead atoms. The number of hydrogen-bond acceptors (Lipinski definition) is 3. The van der Waals surface area contributed by atoms with Crippen molar-refractivity contribution in [3.8, 4) is 5.75 Å². The molecular weight excluding hydrogens is 180 g/mol. The van der Waals surface area contributed by atoms with E-state index in [1.54, 1.807) is 0 Å². The fraction of sp³-hybridized carbons (Fsp3) is 0.455. The Labute approximate surface area is 83.3 Å². The van der Waals surface area contributed by atoms with Gasteiger partial charge in [-0.25, -0.2) is 0 Å². The Hall–Kier alpha value is -1.06. The molecule has 3 heteroatoms. The Kier molecular flexibility index (Phi) is 3.01. The molecule has 0 radical (unpaired) electrons. The Morgan fingerprint density at radius 3 is 2.71 bits per heavy atom. The van der Waals surface area contributed by atoms with Gasteiger partial charge in [0, 0.05) is 6.42 Å². The van der Waals surface area contributed by atoms with Crippen LogP contribution in [0.3, 0.4) is 0 Å². The predicted octanol–water partition coefficient (Wildman–Crippen LogP) is 1.35. The van der Waals surface area contributed by atoms with Crippen molar-refractivity contribution in [1.29, 1.82) is 0 Å². The second-order valence-electron chi connectivity index (χ2n) is 3.41. The first-order valence-corrected chi connectivity index (χ1v) is 4.82. The van der Waals surface area contributed by atoms with Gasteiger partial charge in [0.1, 0.15) is 11.9 Å². The number of aliphatic hydroxyl groups excluding tert-OH is 1. The summed E-state index contributed by atoms with van der Waals surface area (Å²) in [6, 6.07) is 7.49. The first-order chi connectivity index (χ1) is 6.88. The summed E-state index contributed by atoms with van der Waals surface area (Å²) in [4.78, 5) is 0. The maximum Gasteiger partial charge on any atom is 0.124 e. The Bertz CT molecular complexity index is 275. The minimum absolute atomic E-state index is 0.0762. The zero-order chi connectivity index (χ0) is 9.80. The summed E-state index contributed by atoms with van der Waals surface area (Å²) in [6.45, 7) is 1.55. The monoisotopic (exact) mass is 194 g/mol. The Balaban J connectivity index is 1.95. The van der Waals surface area contributed by atoms with Crippen molar-refractivity contribution in [2.24, 2.45) is 0 Å². The Morgan fingerprint density at radius 2 is 2.14 bits per heavy atom. The fourth-order valence-electron chi connectivity index (χ4n) is 1.47. The molecule has 1 aliphatic rings. The van der Waals surface area contributed by atoms with Crippen molar-refractivity contribution >= 4 is 0 Å². The standard InChI is InChI=1S/C11H14O3/c12-7-9-1-3-10(4-2-9)14-11-5-6-13-8-11/h1-4,11-12H,5-8H2/t11-/m1/s1. The van der Waals surface area contributed by atoms with Crippen LogP contribution in [0.15, 0.2) is 24.3 Å². The Morgan fingerprint density at radius 1 is 1.36 bits per heavy atom. The van der Waals surface area contributed by atoms with Crippen molar-refractivity contribution in [2.45, 2.75) is 19.1 Å². The van der Waals surface area contributed by atoms with Gasteiger partial charge in [-0.05, 0) is 17.7 Å². The van der Waals surface area contributed by atoms with Crippen LogP contribution < -0.4 is 4.74 Å². The van der Waals surface area contributed by atoms with Crippen LogP contribution in [0.4, 0.5) is 0 Å². The van der Waals surface area contributed by atoms with E-state index in [1.807, 2.05) is 24.3 Å². The third-order valence-corrected chi connectivity index (χ3v) is 2.30. The summed E-state index contributed by atoms with van der Waals surface area (Å²) in [6.07, 6.45) is 1.15. The van der Waals surface area contributed by atoms with Gasteiger partial charge in [-0.2, -0.15) is 0 Å². The molecule has 1 aliphatic heterocycles. The quantitative estimate of drug-likeness (QED) is 0.789. The van der Waals surface area contributed by atoms with E-state index < -0.39 is 0 Å². The van der Waals surface area contributed by atoms with Crippen LogP contribution in [-0.4, -0.2) is 24.4 Å². The summed E-state index contributed by atoms with van der Waals surface area (Å²) in [5, 5.41) is 8.85. The van der Waals surface area contributed by atoms with Crippen molar-refractivity contribution in [2.75, 3.05) is 13.2 Å². The van der Waals surface area contributed by atoms with Crippen LogP contribution in [-0.2, 0) is 11.3 Å². The maximum atomic E-state index is 8.85. The van der Waals surface area contributed by atoms with E-state index in [4.69, 9.17) is 14.6 Å². The van der Waals surface area contributed by atoms with Crippen LogP contribution in [0.2, 0.25) is 0 Å². The molecule has 1 aromatic rings. The van der Waals surface area contributed by atoms with Gasteiger partial charge in [-0.1, -0.05) is 12.1 Å². The minimum Gasteiger partial charge on any atom is -0.488 e. The normalized spacial score (nSPS) is 21.1.